The first kappa shape index (κ1) is 14.3. The van der Waals surface area contributed by atoms with Gasteiger partial charge in [-0.15, -0.1) is 11.6 Å². The number of carbonyl (C=O) groups is 1. The summed E-state index contributed by atoms with van der Waals surface area (Å²) < 4.78 is 0. The van der Waals surface area contributed by atoms with Crippen LogP contribution in [0.5, 0.6) is 0 Å². The van der Waals surface area contributed by atoms with Crippen LogP contribution in [-0.4, -0.2) is 28.0 Å². The van der Waals surface area contributed by atoms with Crippen LogP contribution in [0, 0.1) is 12.8 Å². The van der Waals surface area contributed by atoms with Crippen LogP contribution in [0.15, 0.2) is 6.07 Å². The first-order valence-electron chi connectivity index (χ1n) is 6.87. The summed E-state index contributed by atoms with van der Waals surface area (Å²) in [5.74, 6) is 0.331. The third kappa shape index (κ3) is 3.44. The van der Waals surface area contributed by atoms with Gasteiger partial charge in [0.15, 0.2) is 0 Å². The second kappa shape index (κ2) is 6.33. The molecule has 0 aromatic carbocycles. The van der Waals surface area contributed by atoms with Crippen molar-refractivity contribution >= 4 is 17.5 Å². The quantitative estimate of drug-likeness (QED) is 0.863. The Bertz CT molecular complexity index is 464. The molecule has 1 aromatic heterocycles. The summed E-state index contributed by atoms with van der Waals surface area (Å²) >= 11 is 6.22. The largest absolute Gasteiger partial charge is 0.352 e. The van der Waals surface area contributed by atoms with E-state index in [0.29, 0.717) is 24.4 Å². The van der Waals surface area contributed by atoms with E-state index in [1.54, 1.807) is 6.07 Å². The number of carbonyl (C=O) groups excluding carboxylic acids is 1. The first-order valence-corrected chi connectivity index (χ1v) is 7.31. The highest BCUT2D eigenvalue weighted by Gasteiger charge is 2.25. The second-order valence-corrected chi connectivity index (χ2v) is 5.68. The van der Waals surface area contributed by atoms with E-state index in [0.717, 1.165) is 30.7 Å². The fraction of sp³-hybridized carbons (Fsp3) is 0.643. The highest BCUT2D eigenvalue weighted by atomic mass is 35.5. The first-order chi connectivity index (χ1) is 9.11. The molecule has 1 aromatic rings. The van der Waals surface area contributed by atoms with Crippen molar-refractivity contribution in [1.82, 2.24) is 15.5 Å². The smallest absolute Gasteiger partial charge is 0.253 e. The lowest BCUT2D eigenvalue weighted by Crippen LogP contribution is -2.32. The summed E-state index contributed by atoms with van der Waals surface area (Å²) in [5.41, 5.74) is 2.15. The van der Waals surface area contributed by atoms with Crippen LogP contribution in [0.4, 0.5) is 0 Å². The standard InChI is InChI=1S/C14H20ClN3O/c1-3-13-11(7-9(2)17-18-13)14(19)16-8-10-5-4-6-12(10)15/h7,10,12H,3-6,8H2,1-2H3,(H,16,19). The van der Waals surface area contributed by atoms with Crippen LogP contribution in [0.1, 0.15) is 47.9 Å². The number of rotatable bonds is 4. The summed E-state index contributed by atoms with van der Waals surface area (Å²) in [5, 5.41) is 11.2. The van der Waals surface area contributed by atoms with Gasteiger partial charge in [-0.3, -0.25) is 4.79 Å². The molecule has 1 amide bonds. The number of halogens is 1. The second-order valence-electron chi connectivity index (χ2n) is 5.12. The normalized spacial score (nSPS) is 22.5. The number of aromatic nitrogens is 2. The van der Waals surface area contributed by atoms with Crippen LogP contribution in [-0.2, 0) is 6.42 Å². The topological polar surface area (TPSA) is 54.9 Å². The number of hydrogen-bond acceptors (Lipinski definition) is 3. The molecule has 0 saturated heterocycles. The Hall–Kier alpha value is -1.16. The minimum Gasteiger partial charge on any atom is -0.352 e. The summed E-state index contributed by atoms with van der Waals surface area (Å²) in [7, 11) is 0. The Labute approximate surface area is 118 Å². The highest BCUT2D eigenvalue weighted by Crippen LogP contribution is 2.29. The number of amides is 1. The number of hydrogen-bond donors (Lipinski definition) is 1. The van der Waals surface area contributed by atoms with Gasteiger partial charge in [-0.2, -0.15) is 10.2 Å². The molecular formula is C14H20ClN3O. The van der Waals surface area contributed by atoms with E-state index in [2.05, 4.69) is 15.5 Å². The lowest BCUT2D eigenvalue weighted by atomic mass is 10.1. The molecule has 1 aliphatic carbocycles. The van der Waals surface area contributed by atoms with Gasteiger partial charge in [0.25, 0.3) is 5.91 Å². The molecule has 2 atom stereocenters. The van der Waals surface area contributed by atoms with Crippen molar-refractivity contribution in [1.29, 1.82) is 0 Å². The van der Waals surface area contributed by atoms with Crippen molar-refractivity contribution in [3.63, 3.8) is 0 Å². The van der Waals surface area contributed by atoms with Crippen LogP contribution in [0.25, 0.3) is 0 Å². The van der Waals surface area contributed by atoms with E-state index >= 15 is 0 Å². The minimum atomic E-state index is -0.0642. The Kier molecular flexibility index (Phi) is 4.75. The summed E-state index contributed by atoms with van der Waals surface area (Å²) in [6.07, 6.45) is 4.02. The average Bonchev–Trinajstić information content (AvgIpc) is 2.81. The molecule has 2 unspecified atom stereocenters. The number of alkyl halides is 1. The molecule has 0 spiro atoms. The van der Waals surface area contributed by atoms with Gasteiger partial charge in [0.2, 0.25) is 0 Å². The molecular weight excluding hydrogens is 262 g/mol. The van der Waals surface area contributed by atoms with E-state index in [4.69, 9.17) is 11.6 Å². The third-order valence-electron chi connectivity index (χ3n) is 3.66. The number of nitrogens with one attached hydrogen (secondary N) is 1. The van der Waals surface area contributed by atoms with Crippen LogP contribution >= 0.6 is 11.6 Å². The zero-order chi connectivity index (χ0) is 13.8. The molecule has 0 aliphatic heterocycles. The van der Waals surface area contributed by atoms with Crippen molar-refractivity contribution in [2.24, 2.45) is 5.92 Å². The third-order valence-corrected chi connectivity index (χ3v) is 4.24. The molecule has 1 aliphatic rings. The van der Waals surface area contributed by atoms with E-state index < -0.39 is 0 Å². The van der Waals surface area contributed by atoms with Crippen molar-refractivity contribution in [2.75, 3.05) is 6.54 Å². The lowest BCUT2D eigenvalue weighted by molar-refractivity contribution is 0.0946. The molecule has 0 bridgehead atoms. The molecule has 0 radical (unpaired) electrons. The Morgan fingerprint density at radius 3 is 2.89 bits per heavy atom. The molecule has 4 nitrogen and oxygen atoms in total. The lowest BCUT2D eigenvalue weighted by Gasteiger charge is -2.15. The van der Waals surface area contributed by atoms with Gasteiger partial charge in [-0.25, -0.2) is 0 Å². The summed E-state index contributed by atoms with van der Waals surface area (Å²) in [6.45, 7) is 4.47. The Balaban J connectivity index is 2.01. The maximum atomic E-state index is 12.2. The van der Waals surface area contributed by atoms with Crippen molar-refractivity contribution in [3.8, 4) is 0 Å². The molecule has 104 valence electrons. The molecule has 5 heteroatoms. The zero-order valence-corrected chi connectivity index (χ0v) is 12.2. The van der Waals surface area contributed by atoms with E-state index in [1.807, 2.05) is 13.8 Å². The van der Waals surface area contributed by atoms with E-state index in [1.165, 1.54) is 0 Å². The van der Waals surface area contributed by atoms with Crippen LogP contribution in [0.3, 0.4) is 0 Å². The minimum absolute atomic E-state index is 0.0642. The maximum absolute atomic E-state index is 12.2. The average molecular weight is 282 g/mol. The van der Waals surface area contributed by atoms with Gasteiger partial charge in [0.05, 0.1) is 17.0 Å². The highest BCUT2D eigenvalue weighted by molar-refractivity contribution is 6.21. The van der Waals surface area contributed by atoms with Gasteiger partial charge < -0.3 is 5.32 Å². The number of aryl methyl sites for hydroxylation is 2. The van der Waals surface area contributed by atoms with E-state index in [-0.39, 0.29) is 11.3 Å². The monoisotopic (exact) mass is 281 g/mol. The molecule has 1 heterocycles. The van der Waals surface area contributed by atoms with Crippen LogP contribution < -0.4 is 5.32 Å². The summed E-state index contributed by atoms with van der Waals surface area (Å²) in [6, 6.07) is 1.80. The van der Waals surface area contributed by atoms with Crippen molar-refractivity contribution < 1.29 is 4.79 Å². The molecule has 1 N–H and O–H groups in total. The summed E-state index contributed by atoms with van der Waals surface area (Å²) in [4.78, 5) is 12.2. The van der Waals surface area contributed by atoms with Gasteiger partial charge in [-0.05, 0) is 38.2 Å². The van der Waals surface area contributed by atoms with Crippen molar-refractivity contribution in [3.05, 3.63) is 23.0 Å². The molecule has 1 saturated carbocycles. The van der Waals surface area contributed by atoms with Gasteiger partial charge in [-0.1, -0.05) is 13.3 Å². The fourth-order valence-electron chi connectivity index (χ4n) is 2.51. The number of nitrogens with zero attached hydrogens (tertiary/aromatic N) is 2. The van der Waals surface area contributed by atoms with Gasteiger partial charge in [0.1, 0.15) is 0 Å². The van der Waals surface area contributed by atoms with Crippen molar-refractivity contribution in [2.45, 2.75) is 44.9 Å². The maximum Gasteiger partial charge on any atom is 0.253 e. The molecule has 2 rings (SSSR count). The molecule has 1 fully saturated rings. The predicted octanol–water partition coefficient (Wildman–Crippen LogP) is 2.48. The predicted molar refractivity (Wildman–Crippen MR) is 75.5 cm³/mol. The Morgan fingerprint density at radius 1 is 1.47 bits per heavy atom. The van der Waals surface area contributed by atoms with E-state index in [9.17, 15) is 4.79 Å². The van der Waals surface area contributed by atoms with Crippen LogP contribution in [0.2, 0.25) is 0 Å². The van der Waals surface area contributed by atoms with Gasteiger partial charge in [0, 0.05) is 11.9 Å². The fourth-order valence-corrected chi connectivity index (χ4v) is 2.88. The Morgan fingerprint density at radius 2 is 2.26 bits per heavy atom. The zero-order valence-electron chi connectivity index (χ0n) is 11.4. The van der Waals surface area contributed by atoms with Gasteiger partial charge >= 0.3 is 0 Å². The molecule has 19 heavy (non-hydrogen) atoms. The SMILES string of the molecule is CCc1nnc(C)cc1C(=O)NCC1CCCC1Cl.